The van der Waals surface area contributed by atoms with Crippen LogP contribution in [0.3, 0.4) is 0 Å². The van der Waals surface area contributed by atoms with E-state index >= 15 is 4.79 Å². The van der Waals surface area contributed by atoms with Crippen LogP contribution in [0, 0.1) is 5.92 Å². The number of fused-ring (bicyclic) bond motifs is 3. The molecule has 332 valence electrons. The summed E-state index contributed by atoms with van der Waals surface area (Å²) < 4.78 is 46.8. The molecule has 4 amide bonds. The van der Waals surface area contributed by atoms with Gasteiger partial charge in [0.1, 0.15) is 40.8 Å². The van der Waals surface area contributed by atoms with Crippen molar-refractivity contribution in [1.29, 1.82) is 0 Å². The van der Waals surface area contributed by atoms with E-state index in [4.69, 9.17) is 30.8 Å². The largest absolute Gasteiger partial charge is 0.495 e. The first-order valence-corrected chi connectivity index (χ1v) is 23.6. The molecule has 2 saturated heterocycles. The maximum absolute atomic E-state index is 15.0. The maximum atomic E-state index is 15.0. The lowest BCUT2D eigenvalue weighted by molar-refractivity contribution is -0.151. The predicted molar refractivity (Wildman–Crippen MR) is 234 cm³/mol. The van der Waals surface area contributed by atoms with E-state index in [0.717, 1.165) is 18.5 Å². The Morgan fingerprint density at radius 3 is 2.48 bits per heavy atom. The van der Waals surface area contributed by atoms with Gasteiger partial charge in [-0.25, -0.2) is 13.2 Å². The number of methoxy groups -OCH3 is 1. The highest BCUT2D eigenvalue weighted by Gasteiger charge is 2.63. The summed E-state index contributed by atoms with van der Waals surface area (Å²) in [6.45, 7) is 9.46. The Morgan fingerprint density at radius 2 is 1.77 bits per heavy atom. The number of halogens is 1. The number of piperazine rings is 1. The minimum atomic E-state index is -3.92. The standard InChI is InChI=1S/C46H56ClN5O9S/c1-26(2)32-14-12-15-33(48-32)27-21-31-30(19-20-37(59-6)40(31)47)38(22-27)60-39-23-35-41(53)49-46(43(55)50-62(57,58)29-17-18-29)24-28(46)13-10-8-7-9-11-16-34-42(54)52(35)36(39)25-51(34)44(56)61-45(3,4)5/h10,12-15,19-22,26,28-29,34-36,39H,7-9,11,16-18,23-25H2,1-6H3,(H,49,53)(H,50,55)/b13-10-/t28-,34-,35+,36-,39-,46-/m1/s1. The molecule has 4 heterocycles. The molecule has 1 aromatic heterocycles. The Balaban J connectivity index is 1.21. The van der Waals surface area contributed by atoms with Crippen molar-refractivity contribution >= 4 is 56.2 Å². The molecule has 2 saturated carbocycles. The molecule has 14 nitrogen and oxygen atoms in total. The summed E-state index contributed by atoms with van der Waals surface area (Å²) in [6, 6.07) is 10.3. The fourth-order valence-corrected chi connectivity index (χ4v) is 10.7. The maximum Gasteiger partial charge on any atom is 0.411 e. The highest BCUT2D eigenvalue weighted by atomic mass is 35.5. The van der Waals surface area contributed by atoms with Crippen molar-refractivity contribution in [3.05, 3.63) is 65.3 Å². The number of hydrogen-bond donors (Lipinski definition) is 2. The highest BCUT2D eigenvalue weighted by Crippen LogP contribution is 2.47. The Morgan fingerprint density at radius 1 is 1.00 bits per heavy atom. The second-order valence-corrected chi connectivity index (χ2v) is 21.0. The molecule has 8 rings (SSSR count). The summed E-state index contributed by atoms with van der Waals surface area (Å²) in [4.78, 5) is 65.8. The van der Waals surface area contributed by atoms with E-state index in [1.165, 1.54) is 16.9 Å². The number of rotatable bonds is 8. The summed E-state index contributed by atoms with van der Waals surface area (Å²) in [5, 5.41) is 3.96. The summed E-state index contributed by atoms with van der Waals surface area (Å²) in [5.41, 5.74) is -0.0699. The fraction of sp³-hybridized carbons (Fsp3) is 0.543. The van der Waals surface area contributed by atoms with Gasteiger partial charge in [-0.3, -0.25) is 29.0 Å². The molecular weight excluding hydrogens is 834 g/mol. The molecule has 4 fully saturated rings. The SMILES string of the molecule is COc1ccc2c(O[C@@H]3C[C@H]4C(=O)N[C@]5(C(=O)NS(=O)(=O)C6CC6)C[C@H]5/C=C\CCCCC[C@@H]5C(=O)N4[C@@H]3CN5C(=O)OC(C)(C)C)cc(-c3cccc(C(C)C)n3)cc2c1Cl. The van der Waals surface area contributed by atoms with E-state index in [1.54, 1.807) is 26.8 Å². The molecule has 2 N–H and O–H groups in total. The number of allylic oxidation sites excluding steroid dienone is 1. The number of amides is 4. The van der Waals surface area contributed by atoms with Crippen LogP contribution in [-0.2, 0) is 29.1 Å². The number of ether oxygens (including phenoxy) is 3. The first kappa shape index (κ1) is 43.7. The Kier molecular flexibility index (Phi) is 11.8. The van der Waals surface area contributed by atoms with Crippen molar-refractivity contribution in [2.24, 2.45) is 5.92 Å². The monoisotopic (exact) mass is 889 g/mol. The van der Waals surface area contributed by atoms with Gasteiger partial charge in [-0.05, 0) is 102 Å². The summed E-state index contributed by atoms with van der Waals surface area (Å²) >= 11 is 6.98. The van der Waals surface area contributed by atoms with E-state index in [1.807, 2.05) is 48.6 Å². The molecule has 3 aromatic rings. The Hall–Kier alpha value is -4.89. The zero-order valence-electron chi connectivity index (χ0n) is 36.1. The van der Waals surface area contributed by atoms with E-state index in [0.29, 0.717) is 70.7 Å². The third-order valence-corrected chi connectivity index (χ3v) is 14.9. The summed E-state index contributed by atoms with van der Waals surface area (Å²) in [6.07, 6.45) is 6.76. The van der Waals surface area contributed by atoms with Crippen molar-refractivity contribution in [2.45, 2.75) is 139 Å². The van der Waals surface area contributed by atoms with Crippen molar-refractivity contribution in [3.63, 3.8) is 0 Å². The number of hydrogen-bond acceptors (Lipinski definition) is 10. The van der Waals surface area contributed by atoms with Gasteiger partial charge in [0.15, 0.2) is 0 Å². The zero-order chi connectivity index (χ0) is 44.3. The predicted octanol–water partition coefficient (Wildman–Crippen LogP) is 7.03. The first-order chi connectivity index (χ1) is 29.4. The van der Waals surface area contributed by atoms with Gasteiger partial charge >= 0.3 is 6.09 Å². The van der Waals surface area contributed by atoms with Crippen molar-refractivity contribution in [3.8, 4) is 22.8 Å². The first-order valence-electron chi connectivity index (χ1n) is 21.7. The number of nitrogens with one attached hydrogen (secondary N) is 2. The quantitative estimate of drug-likeness (QED) is 0.224. The van der Waals surface area contributed by atoms with Crippen LogP contribution in [-0.4, -0.2) is 101 Å². The Bertz CT molecular complexity index is 2430. The van der Waals surface area contributed by atoms with Crippen LogP contribution in [0.1, 0.15) is 104 Å². The van der Waals surface area contributed by atoms with Gasteiger partial charge < -0.3 is 24.4 Å². The minimum Gasteiger partial charge on any atom is -0.495 e. The molecule has 0 radical (unpaired) electrons. The lowest BCUT2D eigenvalue weighted by Crippen LogP contribution is -2.66. The number of sulfonamides is 1. The van der Waals surface area contributed by atoms with Crippen LogP contribution in [0.5, 0.6) is 11.5 Å². The second-order valence-electron chi connectivity index (χ2n) is 18.6. The summed E-state index contributed by atoms with van der Waals surface area (Å²) in [7, 11) is -2.38. The molecule has 5 aliphatic rings. The van der Waals surface area contributed by atoms with Crippen molar-refractivity contribution in [2.75, 3.05) is 13.7 Å². The van der Waals surface area contributed by atoms with Gasteiger partial charge in [0.25, 0.3) is 5.91 Å². The van der Waals surface area contributed by atoms with Gasteiger partial charge in [-0.1, -0.05) is 56.5 Å². The number of aromatic nitrogens is 1. The number of carbonyl (C=O) groups is 4. The smallest absolute Gasteiger partial charge is 0.411 e. The number of benzene rings is 2. The van der Waals surface area contributed by atoms with E-state index in [2.05, 4.69) is 23.9 Å². The molecule has 2 bridgehead atoms. The summed E-state index contributed by atoms with van der Waals surface area (Å²) in [5.74, 6) is -1.22. The van der Waals surface area contributed by atoms with Gasteiger partial charge in [0, 0.05) is 40.9 Å². The zero-order valence-corrected chi connectivity index (χ0v) is 37.7. The number of pyridine rings is 1. The van der Waals surface area contributed by atoms with Gasteiger partial charge in [-0.15, -0.1) is 0 Å². The fourth-order valence-electron chi connectivity index (χ4n) is 9.07. The van der Waals surface area contributed by atoms with E-state index < -0.39 is 80.4 Å². The molecule has 0 spiro atoms. The molecule has 2 aliphatic carbocycles. The number of nitrogens with zero attached hydrogens (tertiary/aromatic N) is 3. The molecule has 3 aliphatic heterocycles. The molecular formula is C46H56ClN5O9S. The normalized spacial score (nSPS) is 27.1. The average molecular weight is 890 g/mol. The van der Waals surface area contributed by atoms with Crippen LogP contribution < -0.4 is 19.5 Å². The molecule has 62 heavy (non-hydrogen) atoms. The van der Waals surface area contributed by atoms with Crippen LogP contribution >= 0.6 is 11.6 Å². The van der Waals surface area contributed by atoms with Crippen LogP contribution in [0.15, 0.2) is 54.6 Å². The van der Waals surface area contributed by atoms with E-state index in [9.17, 15) is 22.8 Å². The third-order valence-electron chi connectivity index (χ3n) is 12.6. The average Bonchev–Trinajstić information content (AvgIpc) is 4.15. The molecule has 16 heteroatoms. The number of carbonyl (C=O) groups excluding carboxylic acids is 4. The minimum absolute atomic E-state index is 0.00634. The van der Waals surface area contributed by atoms with Crippen LogP contribution in [0.4, 0.5) is 4.79 Å². The third kappa shape index (κ3) is 8.58. The lowest BCUT2D eigenvalue weighted by atomic mass is 9.99. The molecule has 2 aromatic carbocycles. The second kappa shape index (κ2) is 16.7. The van der Waals surface area contributed by atoms with Crippen molar-refractivity contribution in [1.82, 2.24) is 24.8 Å². The van der Waals surface area contributed by atoms with Gasteiger partial charge in [0.05, 0.1) is 29.1 Å². The van der Waals surface area contributed by atoms with Crippen molar-refractivity contribution < 1.29 is 41.8 Å². The topological polar surface area (TPSA) is 174 Å². The lowest BCUT2D eigenvalue weighted by Gasteiger charge is -2.45. The van der Waals surface area contributed by atoms with Gasteiger partial charge in [0.2, 0.25) is 21.8 Å². The molecule has 0 unspecified atom stereocenters. The van der Waals surface area contributed by atoms with E-state index in [-0.39, 0.29) is 25.3 Å². The molecule has 6 atom stereocenters. The van der Waals surface area contributed by atoms with Crippen LogP contribution in [0.2, 0.25) is 5.02 Å². The Labute approximate surface area is 368 Å². The van der Waals surface area contributed by atoms with Gasteiger partial charge in [-0.2, -0.15) is 0 Å². The highest BCUT2D eigenvalue weighted by molar-refractivity contribution is 7.91. The van der Waals surface area contributed by atoms with Crippen LogP contribution in [0.25, 0.3) is 22.0 Å².